The summed E-state index contributed by atoms with van der Waals surface area (Å²) in [6.07, 6.45) is 0. The van der Waals surface area contributed by atoms with Crippen LogP contribution in [0.5, 0.6) is 0 Å². The lowest BCUT2D eigenvalue weighted by molar-refractivity contribution is 0.102. The number of hydrogen-bond acceptors (Lipinski definition) is 2. The van der Waals surface area contributed by atoms with Crippen molar-refractivity contribution in [3.8, 4) is 0 Å². The summed E-state index contributed by atoms with van der Waals surface area (Å²) < 4.78 is 1.86. The molecule has 1 amide bonds. The molecule has 2 nitrogen and oxygen atoms in total. The highest BCUT2D eigenvalue weighted by Gasteiger charge is 2.10. The van der Waals surface area contributed by atoms with Gasteiger partial charge in [-0.2, -0.15) is 0 Å². The van der Waals surface area contributed by atoms with Crippen LogP contribution in [0.15, 0.2) is 50.2 Å². The van der Waals surface area contributed by atoms with Crippen LogP contribution in [0, 0.1) is 6.92 Å². The smallest absolute Gasteiger partial charge is 0.256 e. The third-order valence-corrected chi connectivity index (χ3v) is 4.35. The number of anilines is 1. The minimum atomic E-state index is -0.173. The number of carbonyl (C=O) groups excluding carboxylic acids is 1. The van der Waals surface area contributed by atoms with Gasteiger partial charge in [0, 0.05) is 19.5 Å². The SMILES string of the molecule is Cc1ccc(NC(=O)c2ccc(Br)cc2S)cc1Br. The van der Waals surface area contributed by atoms with Crippen LogP contribution >= 0.6 is 44.5 Å². The zero-order valence-corrected chi connectivity index (χ0v) is 14.1. The third kappa shape index (κ3) is 3.61. The Hall–Kier alpha value is -0.780. The van der Waals surface area contributed by atoms with Gasteiger partial charge >= 0.3 is 0 Å². The number of aryl methyl sites for hydroxylation is 1. The highest BCUT2D eigenvalue weighted by Crippen LogP contribution is 2.23. The molecule has 0 aliphatic heterocycles. The summed E-state index contributed by atoms with van der Waals surface area (Å²) in [5.41, 5.74) is 2.41. The summed E-state index contributed by atoms with van der Waals surface area (Å²) in [5, 5.41) is 2.85. The molecule has 1 N–H and O–H groups in total. The van der Waals surface area contributed by atoms with Crippen LogP contribution < -0.4 is 5.32 Å². The number of hydrogen-bond donors (Lipinski definition) is 2. The number of thiol groups is 1. The number of carbonyl (C=O) groups is 1. The Balaban J connectivity index is 2.23. The molecule has 0 atom stereocenters. The number of rotatable bonds is 2. The van der Waals surface area contributed by atoms with E-state index < -0.39 is 0 Å². The number of halogens is 2. The number of nitrogens with one attached hydrogen (secondary N) is 1. The van der Waals surface area contributed by atoms with Gasteiger partial charge in [-0.25, -0.2) is 0 Å². The molecule has 0 aliphatic rings. The quantitative estimate of drug-likeness (QED) is 0.677. The maximum absolute atomic E-state index is 12.2. The Bertz CT molecular complexity index is 643. The average molecular weight is 401 g/mol. The van der Waals surface area contributed by atoms with E-state index in [1.807, 2.05) is 31.2 Å². The fourth-order valence-electron chi connectivity index (χ4n) is 1.57. The molecule has 0 saturated heterocycles. The summed E-state index contributed by atoms with van der Waals surface area (Å²) in [6.45, 7) is 2.00. The number of amides is 1. The van der Waals surface area contributed by atoms with E-state index in [1.54, 1.807) is 12.1 Å². The van der Waals surface area contributed by atoms with Gasteiger partial charge < -0.3 is 5.32 Å². The minimum absolute atomic E-state index is 0.173. The van der Waals surface area contributed by atoms with Crippen molar-refractivity contribution in [2.75, 3.05) is 5.32 Å². The standard InChI is InChI=1S/C14H11Br2NOS/c1-8-2-4-10(7-12(8)16)17-14(18)11-5-3-9(15)6-13(11)19/h2-7,19H,1H3,(H,17,18). The van der Waals surface area contributed by atoms with Crippen LogP contribution in [0.2, 0.25) is 0 Å². The van der Waals surface area contributed by atoms with E-state index in [-0.39, 0.29) is 5.91 Å². The molecule has 0 heterocycles. The predicted molar refractivity (Wildman–Crippen MR) is 88.2 cm³/mol. The van der Waals surface area contributed by atoms with Gasteiger partial charge in [-0.3, -0.25) is 4.79 Å². The lowest BCUT2D eigenvalue weighted by Gasteiger charge is -2.09. The molecule has 5 heteroatoms. The van der Waals surface area contributed by atoms with Gasteiger partial charge in [0.25, 0.3) is 5.91 Å². The van der Waals surface area contributed by atoms with E-state index >= 15 is 0 Å². The second kappa shape index (κ2) is 6.11. The second-order valence-electron chi connectivity index (χ2n) is 4.08. The molecule has 0 aromatic heterocycles. The highest BCUT2D eigenvalue weighted by atomic mass is 79.9. The first kappa shape index (κ1) is 14.6. The number of benzene rings is 2. The van der Waals surface area contributed by atoms with Gasteiger partial charge in [-0.15, -0.1) is 12.6 Å². The Morgan fingerprint density at radius 2 is 1.89 bits per heavy atom. The summed E-state index contributed by atoms with van der Waals surface area (Å²) in [5.74, 6) is -0.173. The zero-order valence-electron chi connectivity index (χ0n) is 10.1. The van der Waals surface area contributed by atoms with Crippen LogP contribution in [0.1, 0.15) is 15.9 Å². The second-order valence-corrected chi connectivity index (χ2v) is 6.33. The van der Waals surface area contributed by atoms with Crippen LogP contribution in [0.4, 0.5) is 5.69 Å². The highest BCUT2D eigenvalue weighted by molar-refractivity contribution is 9.10. The van der Waals surface area contributed by atoms with Gasteiger partial charge in [0.15, 0.2) is 0 Å². The zero-order chi connectivity index (χ0) is 14.0. The first-order valence-electron chi connectivity index (χ1n) is 5.53. The fraction of sp³-hybridized carbons (Fsp3) is 0.0714. The van der Waals surface area contributed by atoms with Crippen molar-refractivity contribution in [1.29, 1.82) is 0 Å². The molecule has 2 rings (SSSR count). The molecule has 0 bridgehead atoms. The lowest BCUT2D eigenvalue weighted by atomic mass is 10.2. The molecular weight excluding hydrogens is 390 g/mol. The first-order valence-corrected chi connectivity index (χ1v) is 7.56. The van der Waals surface area contributed by atoms with Crippen LogP contribution in [0.25, 0.3) is 0 Å². The molecule has 2 aromatic rings. The van der Waals surface area contributed by atoms with Gasteiger partial charge in [0.05, 0.1) is 5.56 Å². The monoisotopic (exact) mass is 399 g/mol. The Labute approximate surface area is 134 Å². The van der Waals surface area contributed by atoms with Crippen molar-refractivity contribution in [1.82, 2.24) is 0 Å². The van der Waals surface area contributed by atoms with Gasteiger partial charge in [0.1, 0.15) is 0 Å². The molecule has 2 aromatic carbocycles. The van der Waals surface area contributed by atoms with Crippen LogP contribution in [0.3, 0.4) is 0 Å². The van der Waals surface area contributed by atoms with Crippen molar-refractivity contribution in [2.45, 2.75) is 11.8 Å². The van der Waals surface area contributed by atoms with E-state index in [4.69, 9.17) is 0 Å². The molecule has 98 valence electrons. The van der Waals surface area contributed by atoms with Crippen molar-refractivity contribution in [3.63, 3.8) is 0 Å². The molecule has 0 fully saturated rings. The first-order chi connectivity index (χ1) is 8.97. The third-order valence-electron chi connectivity index (χ3n) is 2.63. The van der Waals surface area contributed by atoms with E-state index in [9.17, 15) is 4.79 Å². The maximum Gasteiger partial charge on any atom is 0.256 e. The topological polar surface area (TPSA) is 29.1 Å². The normalized spacial score (nSPS) is 10.3. The van der Waals surface area contributed by atoms with E-state index in [2.05, 4.69) is 49.8 Å². The molecule has 0 saturated carbocycles. The molecule has 19 heavy (non-hydrogen) atoms. The molecule has 0 radical (unpaired) electrons. The molecule has 0 unspecified atom stereocenters. The summed E-state index contributed by atoms with van der Waals surface area (Å²) >= 11 is 11.1. The minimum Gasteiger partial charge on any atom is -0.322 e. The summed E-state index contributed by atoms with van der Waals surface area (Å²) in [6, 6.07) is 11.1. The van der Waals surface area contributed by atoms with Crippen LogP contribution in [-0.4, -0.2) is 5.91 Å². The predicted octanol–water partition coefficient (Wildman–Crippen LogP) is 5.06. The van der Waals surface area contributed by atoms with E-state index in [1.165, 1.54) is 0 Å². The fourth-order valence-corrected chi connectivity index (χ4v) is 2.80. The molecule has 0 aliphatic carbocycles. The Kier molecular flexibility index (Phi) is 4.71. The van der Waals surface area contributed by atoms with Gasteiger partial charge in [-0.1, -0.05) is 37.9 Å². The van der Waals surface area contributed by atoms with Crippen molar-refractivity contribution >= 4 is 56.1 Å². The van der Waals surface area contributed by atoms with E-state index in [0.717, 1.165) is 20.2 Å². The Morgan fingerprint density at radius 3 is 2.53 bits per heavy atom. The van der Waals surface area contributed by atoms with Crippen molar-refractivity contribution in [2.24, 2.45) is 0 Å². The summed E-state index contributed by atoms with van der Waals surface area (Å²) in [4.78, 5) is 12.8. The maximum atomic E-state index is 12.2. The largest absolute Gasteiger partial charge is 0.322 e. The lowest BCUT2D eigenvalue weighted by Crippen LogP contribution is -2.12. The van der Waals surface area contributed by atoms with Gasteiger partial charge in [-0.05, 0) is 42.8 Å². The van der Waals surface area contributed by atoms with Gasteiger partial charge in [0.2, 0.25) is 0 Å². The van der Waals surface area contributed by atoms with Crippen LogP contribution in [-0.2, 0) is 0 Å². The molecular formula is C14H11Br2NOS. The van der Waals surface area contributed by atoms with E-state index in [0.29, 0.717) is 10.5 Å². The Morgan fingerprint density at radius 1 is 1.16 bits per heavy atom. The van der Waals surface area contributed by atoms with Crippen molar-refractivity contribution < 1.29 is 4.79 Å². The summed E-state index contributed by atoms with van der Waals surface area (Å²) in [7, 11) is 0. The van der Waals surface area contributed by atoms with Crippen molar-refractivity contribution in [3.05, 3.63) is 56.5 Å². The molecule has 0 spiro atoms. The average Bonchev–Trinajstić information content (AvgIpc) is 2.33.